The first-order valence-corrected chi connectivity index (χ1v) is 11.5. The molecule has 4 atom stereocenters. The highest BCUT2D eigenvalue weighted by Gasteiger charge is 2.32. The Hall–Kier alpha value is -0.680. The topological polar surface area (TPSA) is 80.9 Å². The molecule has 0 spiro atoms. The van der Waals surface area contributed by atoms with E-state index in [0.717, 1.165) is 57.8 Å². The van der Waals surface area contributed by atoms with Gasteiger partial charge in [0.2, 0.25) is 0 Å². The third kappa shape index (κ3) is 10.2. The van der Waals surface area contributed by atoms with Crippen LogP contribution in [-0.2, 0) is 0 Å². The molecular formula is C24H44O4. The van der Waals surface area contributed by atoms with Crippen molar-refractivity contribution in [2.24, 2.45) is 11.8 Å². The molecule has 0 aliphatic heterocycles. The van der Waals surface area contributed by atoms with Crippen LogP contribution in [0.4, 0.5) is 0 Å². The molecule has 0 aromatic carbocycles. The van der Waals surface area contributed by atoms with Gasteiger partial charge in [0.05, 0.1) is 11.7 Å². The Morgan fingerprint density at radius 3 is 2.11 bits per heavy atom. The van der Waals surface area contributed by atoms with Crippen LogP contribution < -0.4 is 0 Å². The predicted octanol–water partition coefficient (Wildman–Crippen LogP) is 4.51. The molecule has 0 amide bonds. The summed E-state index contributed by atoms with van der Waals surface area (Å²) in [6, 6.07) is 0. The van der Waals surface area contributed by atoms with Crippen molar-refractivity contribution in [3.05, 3.63) is 24.8 Å². The fourth-order valence-electron chi connectivity index (χ4n) is 4.37. The number of aliphatic hydroxyl groups is 4. The highest BCUT2D eigenvalue weighted by molar-refractivity contribution is 5.05. The summed E-state index contributed by atoms with van der Waals surface area (Å²) in [5.74, 6) is 0.746. The van der Waals surface area contributed by atoms with Crippen molar-refractivity contribution in [1.29, 1.82) is 0 Å². The summed E-state index contributed by atoms with van der Waals surface area (Å²) in [5, 5.41) is 38.8. The molecule has 0 saturated heterocycles. The Balaban J connectivity index is 2.37. The van der Waals surface area contributed by atoms with E-state index in [1.807, 2.05) is 6.08 Å². The fraction of sp³-hybridized carbons (Fsp3) is 0.833. The van der Waals surface area contributed by atoms with Gasteiger partial charge in [0.25, 0.3) is 0 Å². The second-order valence-electron chi connectivity index (χ2n) is 8.59. The zero-order valence-electron chi connectivity index (χ0n) is 17.8. The third-order valence-electron chi connectivity index (χ3n) is 6.28. The second kappa shape index (κ2) is 15.2. The molecule has 1 aliphatic carbocycles. The van der Waals surface area contributed by atoms with Crippen LogP contribution in [0.2, 0.25) is 0 Å². The highest BCUT2D eigenvalue weighted by atomic mass is 16.3. The Morgan fingerprint density at radius 2 is 1.46 bits per heavy atom. The van der Waals surface area contributed by atoms with Gasteiger partial charge < -0.3 is 20.4 Å². The Labute approximate surface area is 172 Å². The molecule has 1 saturated carbocycles. The molecule has 1 fully saturated rings. The number of unbranched alkanes of at least 4 members (excludes halogenated alkanes) is 7. The Bertz CT molecular complexity index is 423. The molecule has 1 rings (SSSR count). The molecule has 1 unspecified atom stereocenters. The fourth-order valence-corrected chi connectivity index (χ4v) is 4.37. The van der Waals surface area contributed by atoms with E-state index >= 15 is 0 Å². The van der Waals surface area contributed by atoms with E-state index in [0.29, 0.717) is 25.4 Å². The van der Waals surface area contributed by atoms with E-state index in [4.69, 9.17) is 10.2 Å². The van der Waals surface area contributed by atoms with Gasteiger partial charge in [-0.3, -0.25) is 0 Å². The minimum absolute atomic E-state index is 0.205. The van der Waals surface area contributed by atoms with Crippen molar-refractivity contribution < 1.29 is 20.4 Å². The van der Waals surface area contributed by atoms with Gasteiger partial charge in [-0.2, -0.15) is 0 Å². The molecule has 0 bridgehead atoms. The van der Waals surface area contributed by atoms with Gasteiger partial charge in [-0.05, 0) is 50.9 Å². The van der Waals surface area contributed by atoms with Gasteiger partial charge in [-0.25, -0.2) is 0 Å². The molecular weight excluding hydrogens is 352 g/mol. The number of rotatable bonds is 17. The van der Waals surface area contributed by atoms with Crippen LogP contribution in [0.15, 0.2) is 24.8 Å². The van der Waals surface area contributed by atoms with E-state index in [-0.39, 0.29) is 18.6 Å². The van der Waals surface area contributed by atoms with E-state index in [9.17, 15) is 10.2 Å². The van der Waals surface area contributed by atoms with Crippen molar-refractivity contribution in [1.82, 2.24) is 0 Å². The number of aliphatic hydroxyl groups excluding tert-OH is 3. The quantitative estimate of drug-likeness (QED) is 0.215. The van der Waals surface area contributed by atoms with Gasteiger partial charge >= 0.3 is 0 Å². The van der Waals surface area contributed by atoms with Crippen LogP contribution in [0, 0.1) is 11.8 Å². The lowest BCUT2D eigenvalue weighted by molar-refractivity contribution is 0.0811. The lowest BCUT2D eigenvalue weighted by Gasteiger charge is -2.24. The smallest absolute Gasteiger partial charge is 0.0859 e. The lowest BCUT2D eigenvalue weighted by atomic mass is 9.87. The minimum Gasteiger partial charge on any atom is -0.396 e. The van der Waals surface area contributed by atoms with Crippen LogP contribution in [0.25, 0.3) is 0 Å². The minimum atomic E-state index is -0.874. The zero-order chi connectivity index (χ0) is 20.7. The van der Waals surface area contributed by atoms with Gasteiger partial charge in [0.15, 0.2) is 0 Å². The average Bonchev–Trinajstić information content (AvgIpc) is 3.04. The van der Waals surface area contributed by atoms with Gasteiger partial charge in [-0.1, -0.05) is 63.2 Å². The SMILES string of the molecule is C=CC(O)(CC=C[C@@H]1[C@@H](CCCCCCCO)CC[C@H]1O)CCCCCCO. The lowest BCUT2D eigenvalue weighted by Crippen LogP contribution is -2.25. The Morgan fingerprint density at radius 1 is 0.857 bits per heavy atom. The maximum absolute atomic E-state index is 10.7. The standard InChI is InChI=1S/C24H44O4/c1-2-24(28,17-9-5-7-11-20-26)18-12-14-22-21(15-16-23(22)27)13-8-4-3-6-10-19-25/h2,12,14,21-23,25-28H,1,3-11,13,15-20H2/t21-,22+,23+,24?/m0/s1. The van der Waals surface area contributed by atoms with Crippen LogP contribution in [0.1, 0.15) is 89.9 Å². The molecule has 0 aromatic heterocycles. The molecule has 164 valence electrons. The molecule has 0 heterocycles. The van der Waals surface area contributed by atoms with E-state index in [1.54, 1.807) is 6.08 Å². The van der Waals surface area contributed by atoms with Crippen molar-refractivity contribution in [2.75, 3.05) is 13.2 Å². The first kappa shape index (κ1) is 25.4. The van der Waals surface area contributed by atoms with E-state index < -0.39 is 5.60 Å². The van der Waals surface area contributed by atoms with Crippen LogP contribution in [0.5, 0.6) is 0 Å². The number of hydrogen-bond acceptors (Lipinski definition) is 4. The summed E-state index contributed by atoms with van der Waals surface area (Å²) in [5.41, 5.74) is -0.874. The second-order valence-corrected chi connectivity index (χ2v) is 8.59. The highest BCUT2D eigenvalue weighted by Crippen LogP contribution is 2.37. The van der Waals surface area contributed by atoms with Gasteiger partial charge in [0.1, 0.15) is 0 Å². The van der Waals surface area contributed by atoms with Crippen molar-refractivity contribution >= 4 is 0 Å². The van der Waals surface area contributed by atoms with E-state index in [1.165, 1.54) is 19.3 Å². The normalized spacial score (nSPS) is 24.6. The summed E-state index contributed by atoms with van der Waals surface area (Å²) < 4.78 is 0. The van der Waals surface area contributed by atoms with Crippen LogP contribution in [0.3, 0.4) is 0 Å². The molecule has 4 heteroatoms. The van der Waals surface area contributed by atoms with Crippen molar-refractivity contribution in [3.8, 4) is 0 Å². The molecule has 4 N–H and O–H groups in total. The molecule has 4 nitrogen and oxygen atoms in total. The van der Waals surface area contributed by atoms with Gasteiger partial charge in [0, 0.05) is 19.1 Å². The average molecular weight is 397 g/mol. The maximum Gasteiger partial charge on any atom is 0.0859 e. The number of hydrogen-bond donors (Lipinski definition) is 4. The summed E-state index contributed by atoms with van der Waals surface area (Å²) >= 11 is 0. The summed E-state index contributed by atoms with van der Waals surface area (Å²) in [6.45, 7) is 4.34. The largest absolute Gasteiger partial charge is 0.396 e. The van der Waals surface area contributed by atoms with Gasteiger partial charge in [-0.15, -0.1) is 6.58 Å². The molecule has 0 aromatic rings. The first-order valence-electron chi connectivity index (χ1n) is 11.5. The third-order valence-corrected chi connectivity index (χ3v) is 6.28. The molecule has 0 radical (unpaired) electrons. The van der Waals surface area contributed by atoms with Crippen molar-refractivity contribution in [3.63, 3.8) is 0 Å². The monoisotopic (exact) mass is 396 g/mol. The molecule has 28 heavy (non-hydrogen) atoms. The summed E-state index contributed by atoms with van der Waals surface area (Å²) in [6.07, 6.45) is 19.3. The van der Waals surface area contributed by atoms with Crippen LogP contribution in [-0.4, -0.2) is 45.3 Å². The molecule has 1 aliphatic rings. The maximum atomic E-state index is 10.7. The van der Waals surface area contributed by atoms with Crippen LogP contribution >= 0.6 is 0 Å². The van der Waals surface area contributed by atoms with E-state index in [2.05, 4.69) is 12.7 Å². The first-order chi connectivity index (χ1) is 13.6. The summed E-state index contributed by atoms with van der Waals surface area (Å²) in [7, 11) is 0. The predicted molar refractivity (Wildman–Crippen MR) is 116 cm³/mol. The zero-order valence-corrected chi connectivity index (χ0v) is 17.8. The summed E-state index contributed by atoms with van der Waals surface area (Å²) in [4.78, 5) is 0. The Kier molecular flexibility index (Phi) is 13.8. The van der Waals surface area contributed by atoms with Crippen molar-refractivity contribution in [2.45, 2.75) is 102 Å².